The van der Waals surface area contributed by atoms with Crippen molar-refractivity contribution >= 4 is 6.09 Å². The lowest BCUT2D eigenvalue weighted by Gasteiger charge is -2.58. The number of carbonyl (C=O) groups is 1. The second kappa shape index (κ2) is 9.68. The second-order valence-electron chi connectivity index (χ2n) is 12.7. The summed E-state index contributed by atoms with van der Waals surface area (Å²) >= 11 is 0. The van der Waals surface area contributed by atoms with Crippen LogP contribution in [-0.2, 0) is 0 Å². The molecule has 4 unspecified atom stereocenters. The summed E-state index contributed by atoms with van der Waals surface area (Å²) in [5.41, 5.74) is 2.42. The van der Waals surface area contributed by atoms with E-state index in [1.54, 1.807) is 5.57 Å². The fraction of sp³-hybridized carbons (Fsp3) is 0.893. The van der Waals surface area contributed by atoms with Crippen molar-refractivity contribution in [3.63, 3.8) is 0 Å². The van der Waals surface area contributed by atoms with Gasteiger partial charge in [-0.3, -0.25) is 0 Å². The van der Waals surface area contributed by atoms with Crippen molar-refractivity contribution in [1.29, 1.82) is 0 Å². The summed E-state index contributed by atoms with van der Waals surface area (Å²) in [5, 5.41) is 11.9. The van der Waals surface area contributed by atoms with Gasteiger partial charge in [-0.25, -0.2) is 4.79 Å². The maximum atomic E-state index is 11.1. The molecule has 184 valence electrons. The Morgan fingerprint density at radius 3 is 2.53 bits per heavy atom. The van der Waals surface area contributed by atoms with Crippen LogP contribution in [0.15, 0.2) is 11.6 Å². The van der Waals surface area contributed by atoms with Gasteiger partial charge in [0.1, 0.15) is 0 Å². The average molecular weight is 447 g/mol. The van der Waals surface area contributed by atoms with Crippen LogP contribution in [0.25, 0.3) is 0 Å². The number of rotatable bonds is 6. The van der Waals surface area contributed by atoms with Gasteiger partial charge in [-0.15, -0.1) is 0 Å². The molecule has 3 saturated carbocycles. The molecule has 3 fully saturated rings. The lowest BCUT2D eigenvalue weighted by atomic mass is 9.47. The summed E-state index contributed by atoms with van der Waals surface area (Å²) in [7, 11) is 0. The van der Waals surface area contributed by atoms with Crippen molar-refractivity contribution in [1.82, 2.24) is 11.5 Å². The quantitative estimate of drug-likeness (QED) is 0.363. The van der Waals surface area contributed by atoms with Gasteiger partial charge in [0.25, 0.3) is 0 Å². The van der Waals surface area contributed by atoms with E-state index in [4.69, 9.17) is 5.11 Å². The Balaban J connectivity index is 0.00000289. The van der Waals surface area contributed by atoms with Crippen LogP contribution < -0.4 is 11.5 Å². The molecule has 0 aromatic heterocycles. The van der Waals surface area contributed by atoms with Crippen molar-refractivity contribution < 1.29 is 9.90 Å². The highest BCUT2D eigenvalue weighted by Crippen LogP contribution is 2.67. The zero-order chi connectivity index (χ0) is 22.4. The molecule has 4 aliphatic rings. The molecule has 4 aliphatic carbocycles. The SMILES string of the molecule is CC(C)CCC[C@@H](C)[C@H]1CCC2C3CC=C4CC(NC(=O)O)CC[C@]4(C)C3CC[C@@]21C.N. The first-order valence-electron chi connectivity index (χ1n) is 13.3. The third-order valence-corrected chi connectivity index (χ3v) is 10.6. The molecule has 0 saturated heterocycles. The number of hydrogen-bond donors (Lipinski definition) is 3. The minimum atomic E-state index is -0.865. The van der Waals surface area contributed by atoms with Gasteiger partial charge < -0.3 is 16.6 Å². The van der Waals surface area contributed by atoms with E-state index >= 15 is 0 Å². The lowest BCUT2D eigenvalue weighted by Crippen LogP contribution is -2.52. The number of hydrogen-bond acceptors (Lipinski definition) is 2. The van der Waals surface area contributed by atoms with Gasteiger partial charge in [-0.1, -0.05) is 65.5 Å². The molecule has 0 radical (unpaired) electrons. The molecular weight excluding hydrogens is 396 g/mol. The van der Waals surface area contributed by atoms with E-state index in [2.05, 4.69) is 46.0 Å². The highest BCUT2D eigenvalue weighted by molar-refractivity contribution is 5.65. The Labute approximate surface area is 197 Å². The average Bonchev–Trinajstić information content (AvgIpc) is 3.05. The zero-order valence-corrected chi connectivity index (χ0v) is 21.5. The Bertz CT molecular complexity index is 704. The van der Waals surface area contributed by atoms with Gasteiger partial charge in [0.2, 0.25) is 0 Å². The maximum Gasteiger partial charge on any atom is 0.404 e. The smallest absolute Gasteiger partial charge is 0.404 e. The van der Waals surface area contributed by atoms with Gasteiger partial charge in [-0.2, -0.15) is 0 Å². The highest BCUT2D eigenvalue weighted by atomic mass is 16.4. The molecule has 0 aromatic rings. The van der Waals surface area contributed by atoms with Crippen molar-refractivity contribution in [2.45, 2.75) is 111 Å². The van der Waals surface area contributed by atoms with Crippen LogP contribution in [-0.4, -0.2) is 17.2 Å². The molecule has 4 heteroatoms. The Morgan fingerprint density at radius 2 is 1.84 bits per heavy atom. The molecular formula is C28H50N2O2. The first-order valence-corrected chi connectivity index (χ1v) is 13.3. The minimum absolute atomic E-state index is 0. The number of carboxylic acid groups (broad SMARTS) is 1. The van der Waals surface area contributed by atoms with Crippen molar-refractivity contribution in [3.05, 3.63) is 11.6 Å². The van der Waals surface area contributed by atoms with Crippen LogP contribution in [0.2, 0.25) is 0 Å². The highest BCUT2D eigenvalue weighted by Gasteiger charge is 2.59. The summed E-state index contributed by atoms with van der Waals surface area (Å²) < 4.78 is 0. The molecule has 0 aromatic carbocycles. The molecule has 0 bridgehead atoms. The Morgan fingerprint density at radius 1 is 1.09 bits per heavy atom. The Kier molecular flexibility index (Phi) is 7.74. The van der Waals surface area contributed by atoms with Gasteiger partial charge in [0, 0.05) is 6.04 Å². The molecule has 8 atom stereocenters. The molecule has 4 nitrogen and oxygen atoms in total. The van der Waals surface area contributed by atoms with E-state index in [-0.39, 0.29) is 12.2 Å². The Hall–Kier alpha value is -1.03. The van der Waals surface area contributed by atoms with Crippen LogP contribution in [0.3, 0.4) is 0 Å². The monoisotopic (exact) mass is 446 g/mol. The predicted molar refractivity (Wildman–Crippen MR) is 133 cm³/mol. The first kappa shape index (κ1) is 25.6. The van der Waals surface area contributed by atoms with E-state index < -0.39 is 6.09 Å². The van der Waals surface area contributed by atoms with Gasteiger partial charge >= 0.3 is 6.09 Å². The number of fused-ring (bicyclic) bond motifs is 5. The van der Waals surface area contributed by atoms with E-state index in [9.17, 15) is 4.79 Å². The van der Waals surface area contributed by atoms with E-state index in [0.717, 1.165) is 54.8 Å². The van der Waals surface area contributed by atoms with Crippen LogP contribution in [0.1, 0.15) is 105 Å². The van der Waals surface area contributed by atoms with Gasteiger partial charge in [0.05, 0.1) is 0 Å². The molecule has 0 heterocycles. The van der Waals surface area contributed by atoms with Crippen LogP contribution in [0.4, 0.5) is 4.79 Å². The minimum Gasteiger partial charge on any atom is -0.465 e. The fourth-order valence-corrected chi connectivity index (χ4v) is 8.98. The standard InChI is InChI=1S/C28H47NO2.H3N/c1-18(2)7-6-8-19(3)23-11-12-24-22-10-9-20-17-21(29-26(30)31)13-15-27(20,4)25(22)14-16-28(23,24)5;/h9,18-19,21-25,29H,6-8,10-17H2,1-5H3,(H,30,31);1H3/t19-,21?,22?,23-,24?,25?,27+,28-;/m1./s1. The number of amides is 1. The van der Waals surface area contributed by atoms with E-state index in [0.29, 0.717) is 10.8 Å². The molecule has 32 heavy (non-hydrogen) atoms. The molecule has 0 spiro atoms. The molecule has 0 aliphatic heterocycles. The first-order chi connectivity index (χ1) is 14.6. The third kappa shape index (κ3) is 4.50. The van der Waals surface area contributed by atoms with Crippen LogP contribution in [0, 0.1) is 46.3 Å². The van der Waals surface area contributed by atoms with Crippen molar-refractivity contribution in [3.8, 4) is 0 Å². The molecule has 1 amide bonds. The molecule has 5 N–H and O–H groups in total. The summed E-state index contributed by atoms with van der Waals surface area (Å²) in [6.45, 7) is 12.5. The zero-order valence-electron chi connectivity index (χ0n) is 21.5. The maximum absolute atomic E-state index is 11.1. The van der Waals surface area contributed by atoms with Crippen LogP contribution in [0.5, 0.6) is 0 Å². The summed E-state index contributed by atoms with van der Waals surface area (Å²) in [6.07, 6.45) is 15.9. The van der Waals surface area contributed by atoms with Gasteiger partial charge in [0.15, 0.2) is 0 Å². The summed E-state index contributed by atoms with van der Waals surface area (Å²) in [4.78, 5) is 11.1. The summed E-state index contributed by atoms with van der Waals surface area (Å²) in [6, 6.07) is 0.116. The third-order valence-electron chi connectivity index (χ3n) is 10.6. The second-order valence-corrected chi connectivity index (χ2v) is 12.7. The topological polar surface area (TPSA) is 84.3 Å². The number of nitrogens with one attached hydrogen (secondary N) is 1. The largest absolute Gasteiger partial charge is 0.465 e. The fourth-order valence-electron chi connectivity index (χ4n) is 8.98. The predicted octanol–water partition coefficient (Wildman–Crippen LogP) is 7.83. The van der Waals surface area contributed by atoms with Crippen LogP contribution >= 0.6 is 0 Å². The van der Waals surface area contributed by atoms with Crippen molar-refractivity contribution in [2.75, 3.05) is 0 Å². The number of allylic oxidation sites excluding steroid dienone is 1. The summed E-state index contributed by atoms with van der Waals surface area (Å²) in [5.74, 6) is 5.18. The lowest BCUT2D eigenvalue weighted by molar-refractivity contribution is -0.0513. The normalized spacial score (nSPS) is 41.6. The van der Waals surface area contributed by atoms with Crippen molar-refractivity contribution in [2.24, 2.45) is 46.3 Å². The van der Waals surface area contributed by atoms with E-state index in [1.165, 1.54) is 51.4 Å². The molecule has 4 rings (SSSR count). The van der Waals surface area contributed by atoms with Gasteiger partial charge in [-0.05, 0) is 97.7 Å². The van der Waals surface area contributed by atoms with E-state index in [1.807, 2.05) is 0 Å².